The van der Waals surface area contributed by atoms with Crippen molar-refractivity contribution in [2.45, 2.75) is 33.6 Å². The minimum Gasteiger partial charge on any atom is -0.492 e. The summed E-state index contributed by atoms with van der Waals surface area (Å²) in [6.07, 6.45) is 0.972. The minimum absolute atomic E-state index is 0.0664. The first-order chi connectivity index (χ1) is 12.4. The number of amides is 1. The fourth-order valence-corrected chi connectivity index (χ4v) is 3.17. The van der Waals surface area contributed by atoms with Crippen LogP contribution in [0, 0.1) is 13.8 Å². The molecule has 26 heavy (non-hydrogen) atoms. The molecule has 0 saturated carbocycles. The van der Waals surface area contributed by atoms with Crippen LogP contribution in [0.25, 0.3) is 0 Å². The molecular weight excluding hydrogens is 418 g/mol. The van der Waals surface area contributed by atoms with Gasteiger partial charge in [0.1, 0.15) is 11.5 Å². The quantitative estimate of drug-likeness (QED) is 0.519. The molecule has 2 rings (SSSR count). The van der Waals surface area contributed by atoms with Gasteiger partial charge in [-0.3, -0.25) is 4.79 Å². The Morgan fingerprint density at radius 3 is 2.65 bits per heavy atom. The zero-order valence-electron chi connectivity index (χ0n) is 15.2. The molecule has 6 heteroatoms. The standard InChI is InChI=1S/C20H23BrClNO3/c1-4-25-16-9-6-5-8-15(16)23-18(24)10-7-11-26-17-12-13(2)20(22)14(3)19(17)21/h5-6,8-9,12H,4,7,10-11H2,1-3H3,(H,23,24). The number of benzene rings is 2. The van der Waals surface area contributed by atoms with Crippen LogP contribution in [-0.4, -0.2) is 19.1 Å². The second-order valence-corrected chi connectivity index (χ2v) is 7.04. The average molecular weight is 441 g/mol. The Morgan fingerprint density at radius 2 is 1.92 bits per heavy atom. The molecule has 0 aliphatic rings. The molecule has 4 nitrogen and oxygen atoms in total. The fourth-order valence-electron chi connectivity index (χ4n) is 2.48. The fraction of sp³-hybridized carbons (Fsp3) is 0.350. The van der Waals surface area contributed by atoms with E-state index < -0.39 is 0 Å². The second kappa shape index (κ2) is 9.83. The summed E-state index contributed by atoms with van der Waals surface area (Å²) >= 11 is 9.73. The van der Waals surface area contributed by atoms with E-state index >= 15 is 0 Å². The lowest BCUT2D eigenvalue weighted by Gasteiger charge is -2.13. The van der Waals surface area contributed by atoms with Crippen molar-refractivity contribution in [2.24, 2.45) is 0 Å². The summed E-state index contributed by atoms with van der Waals surface area (Å²) in [7, 11) is 0. The lowest BCUT2D eigenvalue weighted by Crippen LogP contribution is -2.13. The lowest BCUT2D eigenvalue weighted by atomic mass is 10.1. The van der Waals surface area contributed by atoms with Crippen molar-refractivity contribution in [1.82, 2.24) is 0 Å². The second-order valence-electron chi connectivity index (χ2n) is 5.87. The molecule has 0 atom stereocenters. The van der Waals surface area contributed by atoms with Gasteiger partial charge < -0.3 is 14.8 Å². The smallest absolute Gasteiger partial charge is 0.224 e. The van der Waals surface area contributed by atoms with Gasteiger partial charge in [-0.15, -0.1) is 0 Å². The van der Waals surface area contributed by atoms with Crippen molar-refractivity contribution in [2.75, 3.05) is 18.5 Å². The van der Waals surface area contributed by atoms with Crippen molar-refractivity contribution < 1.29 is 14.3 Å². The van der Waals surface area contributed by atoms with Gasteiger partial charge in [-0.1, -0.05) is 23.7 Å². The monoisotopic (exact) mass is 439 g/mol. The number of hydrogen-bond acceptors (Lipinski definition) is 3. The van der Waals surface area contributed by atoms with Gasteiger partial charge in [0, 0.05) is 11.4 Å². The Bertz CT molecular complexity index is 780. The normalized spacial score (nSPS) is 10.5. The van der Waals surface area contributed by atoms with Crippen LogP contribution in [0.3, 0.4) is 0 Å². The number of halogens is 2. The van der Waals surface area contributed by atoms with E-state index in [2.05, 4.69) is 21.2 Å². The number of para-hydroxylation sites is 2. The topological polar surface area (TPSA) is 47.6 Å². The summed E-state index contributed by atoms with van der Waals surface area (Å²) in [5, 5.41) is 3.62. The minimum atomic E-state index is -0.0664. The summed E-state index contributed by atoms with van der Waals surface area (Å²) in [5.74, 6) is 1.35. The third kappa shape index (κ3) is 5.39. The molecule has 1 N–H and O–H groups in total. The molecule has 1 amide bonds. The van der Waals surface area contributed by atoms with Gasteiger partial charge in [0.05, 0.1) is 23.4 Å². The van der Waals surface area contributed by atoms with Crippen LogP contribution in [0.5, 0.6) is 11.5 Å². The Hall–Kier alpha value is -1.72. The van der Waals surface area contributed by atoms with E-state index in [0.717, 1.165) is 26.4 Å². The Morgan fingerprint density at radius 1 is 1.19 bits per heavy atom. The number of anilines is 1. The van der Waals surface area contributed by atoms with Crippen LogP contribution in [-0.2, 0) is 4.79 Å². The maximum atomic E-state index is 12.2. The maximum absolute atomic E-state index is 12.2. The Balaban J connectivity index is 1.85. The molecule has 0 bridgehead atoms. The van der Waals surface area contributed by atoms with Crippen LogP contribution < -0.4 is 14.8 Å². The third-order valence-electron chi connectivity index (χ3n) is 3.84. The van der Waals surface area contributed by atoms with Crippen LogP contribution in [0.2, 0.25) is 5.02 Å². The van der Waals surface area contributed by atoms with Crippen LogP contribution >= 0.6 is 27.5 Å². The summed E-state index contributed by atoms with van der Waals surface area (Å²) in [6.45, 7) is 6.79. The summed E-state index contributed by atoms with van der Waals surface area (Å²) in [6, 6.07) is 9.31. The van der Waals surface area contributed by atoms with Crippen LogP contribution in [0.1, 0.15) is 30.9 Å². The predicted octanol–water partition coefficient (Wildman–Crippen LogP) is 5.92. The first kappa shape index (κ1) is 20.6. The van der Waals surface area contributed by atoms with Crippen LogP contribution in [0.15, 0.2) is 34.8 Å². The first-order valence-corrected chi connectivity index (χ1v) is 9.70. The summed E-state index contributed by atoms with van der Waals surface area (Å²) in [5.41, 5.74) is 2.60. The Labute approximate surface area is 168 Å². The molecule has 0 aromatic heterocycles. The number of aryl methyl sites for hydroxylation is 1. The number of carbonyl (C=O) groups excluding carboxylic acids is 1. The number of ether oxygens (including phenoxy) is 2. The zero-order valence-corrected chi connectivity index (χ0v) is 17.5. The molecule has 0 radical (unpaired) electrons. The highest BCUT2D eigenvalue weighted by atomic mass is 79.9. The molecule has 2 aromatic carbocycles. The molecule has 0 saturated heterocycles. The number of hydrogen-bond donors (Lipinski definition) is 1. The van der Waals surface area contributed by atoms with Crippen molar-refractivity contribution >= 4 is 39.1 Å². The molecule has 0 spiro atoms. The van der Waals surface area contributed by atoms with E-state index in [0.29, 0.717) is 37.5 Å². The van der Waals surface area contributed by atoms with Gasteiger partial charge in [-0.2, -0.15) is 0 Å². The molecular formula is C20H23BrClNO3. The first-order valence-electron chi connectivity index (χ1n) is 8.53. The van der Waals surface area contributed by atoms with Crippen LogP contribution in [0.4, 0.5) is 5.69 Å². The Kier molecular flexibility index (Phi) is 7.79. The maximum Gasteiger partial charge on any atom is 0.224 e. The number of nitrogens with one attached hydrogen (secondary N) is 1. The lowest BCUT2D eigenvalue weighted by molar-refractivity contribution is -0.116. The molecule has 0 aliphatic carbocycles. The van der Waals surface area contributed by atoms with Gasteiger partial charge in [-0.05, 0) is 72.4 Å². The van der Waals surface area contributed by atoms with Crippen molar-refractivity contribution in [3.05, 3.63) is 51.0 Å². The largest absolute Gasteiger partial charge is 0.492 e. The van der Waals surface area contributed by atoms with E-state index in [9.17, 15) is 4.79 Å². The van der Waals surface area contributed by atoms with Crippen molar-refractivity contribution in [3.8, 4) is 11.5 Å². The van der Waals surface area contributed by atoms with Crippen molar-refractivity contribution in [3.63, 3.8) is 0 Å². The highest BCUT2D eigenvalue weighted by molar-refractivity contribution is 9.10. The van der Waals surface area contributed by atoms with Gasteiger partial charge in [0.15, 0.2) is 0 Å². The molecule has 0 heterocycles. The summed E-state index contributed by atoms with van der Waals surface area (Å²) < 4.78 is 12.2. The SMILES string of the molecule is CCOc1ccccc1NC(=O)CCCOc1cc(C)c(Cl)c(C)c1Br. The molecule has 0 aliphatic heterocycles. The molecule has 0 fully saturated rings. The van der Waals surface area contributed by atoms with E-state index in [-0.39, 0.29) is 5.91 Å². The van der Waals surface area contributed by atoms with E-state index in [4.69, 9.17) is 21.1 Å². The molecule has 2 aromatic rings. The van der Waals surface area contributed by atoms with Gasteiger partial charge in [-0.25, -0.2) is 0 Å². The van der Waals surface area contributed by atoms with Gasteiger partial charge in [0.25, 0.3) is 0 Å². The predicted molar refractivity (Wildman–Crippen MR) is 110 cm³/mol. The third-order valence-corrected chi connectivity index (χ3v) is 5.40. The zero-order chi connectivity index (χ0) is 19.1. The molecule has 0 unspecified atom stereocenters. The van der Waals surface area contributed by atoms with E-state index in [1.54, 1.807) is 0 Å². The van der Waals surface area contributed by atoms with E-state index in [1.165, 1.54) is 0 Å². The number of rotatable bonds is 8. The molecule has 140 valence electrons. The van der Waals surface area contributed by atoms with Gasteiger partial charge in [0.2, 0.25) is 5.91 Å². The average Bonchev–Trinajstić information content (AvgIpc) is 2.63. The van der Waals surface area contributed by atoms with Gasteiger partial charge >= 0.3 is 0 Å². The van der Waals surface area contributed by atoms with Crippen molar-refractivity contribution in [1.29, 1.82) is 0 Å². The highest BCUT2D eigenvalue weighted by Crippen LogP contribution is 2.35. The number of carbonyl (C=O) groups is 1. The summed E-state index contributed by atoms with van der Waals surface area (Å²) in [4.78, 5) is 12.2. The highest BCUT2D eigenvalue weighted by Gasteiger charge is 2.11. The van der Waals surface area contributed by atoms with E-state index in [1.807, 2.05) is 51.1 Å².